The van der Waals surface area contributed by atoms with Crippen molar-refractivity contribution in [2.24, 2.45) is 0 Å². The van der Waals surface area contributed by atoms with E-state index in [1.807, 2.05) is 23.1 Å². The summed E-state index contributed by atoms with van der Waals surface area (Å²) in [5.41, 5.74) is 1.80. The van der Waals surface area contributed by atoms with Crippen molar-refractivity contribution in [3.05, 3.63) is 23.8 Å². The van der Waals surface area contributed by atoms with Gasteiger partial charge in [-0.25, -0.2) is 0 Å². The zero-order valence-electron chi connectivity index (χ0n) is 16.2. The predicted octanol–water partition coefficient (Wildman–Crippen LogP) is 3.82. The molecule has 5 nitrogen and oxygen atoms in total. The summed E-state index contributed by atoms with van der Waals surface area (Å²) in [4.78, 5) is 27.1. The molecule has 0 spiro atoms. The first kappa shape index (κ1) is 21.0. The Morgan fingerprint density at radius 2 is 1.84 bits per heavy atom. The van der Waals surface area contributed by atoms with Gasteiger partial charge in [-0.15, -0.1) is 0 Å². The molecule has 1 unspecified atom stereocenters. The smallest absolute Gasteiger partial charge is 0.260 e. The van der Waals surface area contributed by atoms with E-state index in [1.165, 1.54) is 4.90 Å². The summed E-state index contributed by atoms with van der Waals surface area (Å²) in [6, 6.07) is 5.75. The van der Waals surface area contributed by atoms with E-state index >= 15 is 0 Å². The summed E-state index contributed by atoms with van der Waals surface area (Å²) in [5, 5.41) is 0. The normalized spacial score (nSPS) is 11.7. The molecule has 1 aromatic rings. The lowest BCUT2D eigenvalue weighted by atomic mass is 9.96. The van der Waals surface area contributed by atoms with Gasteiger partial charge in [-0.1, -0.05) is 39.8 Å². The van der Waals surface area contributed by atoms with Crippen LogP contribution in [-0.2, 0) is 9.59 Å². The molecular formula is C20H32N2O3. The minimum Gasteiger partial charge on any atom is -0.482 e. The fourth-order valence-electron chi connectivity index (χ4n) is 2.84. The van der Waals surface area contributed by atoms with Gasteiger partial charge in [0.25, 0.3) is 5.91 Å². The maximum absolute atomic E-state index is 12.4. The van der Waals surface area contributed by atoms with Gasteiger partial charge >= 0.3 is 0 Å². The molecule has 2 amide bonds. The van der Waals surface area contributed by atoms with Gasteiger partial charge in [0.2, 0.25) is 6.41 Å². The highest BCUT2D eigenvalue weighted by Crippen LogP contribution is 2.36. The second kappa shape index (κ2) is 10.7. The third kappa shape index (κ3) is 5.76. The minimum absolute atomic E-state index is 0.0103. The first-order chi connectivity index (χ1) is 12.0. The number of carbonyl (C=O) groups excluding carboxylic acids is 2. The van der Waals surface area contributed by atoms with Gasteiger partial charge in [0.15, 0.2) is 6.61 Å². The summed E-state index contributed by atoms with van der Waals surface area (Å²) in [5.74, 6) is 0.861. The Bertz CT molecular complexity index is 554. The Kier molecular flexibility index (Phi) is 9.03. The molecule has 0 heterocycles. The van der Waals surface area contributed by atoms with E-state index in [0.717, 1.165) is 50.0 Å². The minimum atomic E-state index is -0.0163. The Balaban J connectivity index is 3.01. The highest BCUT2D eigenvalue weighted by molar-refractivity contribution is 5.82. The molecule has 25 heavy (non-hydrogen) atoms. The number of carbonyl (C=O) groups is 2. The van der Waals surface area contributed by atoms with Crippen molar-refractivity contribution >= 4 is 18.0 Å². The number of anilines is 1. The predicted molar refractivity (Wildman–Crippen MR) is 102 cm³/mol. The van der Waals surface area contributed by atoms with Crippen molar-refractivity contribution in [1.82, 2.24) is 4.90 Å². The van der Waals surface area contributed by atoms with Crippen LogP contribution in [-0.4, -0.2) is 44.0 Å². The summed E-state index contributed by atoms with van der Waals surface area (Å²) in [7, 11) is 1.71. The zero-order valence-corrected chi connectivity index (χ0v) is 16.2. The van der Waals surface area contributed by atoms with Crippen LogP contribution in [0, 0.1) is 0 Å². The van der Waals surface area contributed by atoms with E-state index in [1.54, 1.807) is 7.05 Å². The summed E-state index contributed by atoms with van der Waals surface area (Å²) >= 11 is 0. The van der Waals surface area contributed by atoms with Gasteiger partial charge in [0, 0.05) is 20.1 Å². The molecule has 5 heteroatoms. The number of benzene rings is 1. The lowest BCUT2D eigenvalue weighted by Gasteiger charge is -2.25. The lowest BCUT2D eigenvalue weighted by molar-refractivity contribution is -0.133. The molecule has 0 fully saturated rings. The molecule has 0 aliphatic heterocycles. The fourth-order valence-corrected chi connectivity index (χ4v) is 2.84. The molecule has 0 saturated carbocycles. The molecule has 0 bridgehead atoms. The number of hydrogen-bond acceptors (Lipinski definition) is 3. The number of hydrogen-bond donors (Lipinski definition) is 0. The molecule has 0 aliphatic rings. The molecule has 140 valence electrons. The standard InChI is InChI=1S/C20H32N2O3/c1-6-12-22(13-7-2)19(24)14-25-18-11-9-10-17(16(4)8-3)20(18)21(5)15-23/h9-11,15-16H,6-8,12-14H2,1-5H3. The Morgan fingerprint density at radius 1 is 1.20 bits per heavy atom. The van der Waals surface area contributed by atoms with Crippen molar-refractivity contribution < 1.29 is 14.3 Å². The van der Waals surface area contributed by atoms with E-state index in [4.69, 9.17) is 4.74 Å². The summed E-state index contributed by atoms with van der Waals surface area (Å²) in [6.07, 6.45) is 3.59. The molecule has 0 radical (unpaired) electrons. The molecule has 0 aromatic heterocycles. The number of nitrogens with zero attached hydrogens (tertiary/aromatic N) is 2. The van der Waals surface area contributed by atoms with Crippen LogP contribution >= 0.6 is 0 Å². The van der Waals surface area contributed by atoms with E-state index in [-0.39, 0.29) is 12.5 Å². The Hall–Kier alpha value is -2.04. The molecule has 0 aliphatic carbocycles. The molecule has 0 N–H and O–H groups in total. The van der Waals surface area contributed by atoms with Crippen LogP contribution in [0.2, 0.25) is 0 Å². The Morgan fingerprint density at radius 3 is 2.36 bits per heavy atom. The van der Waals surface area contributed by atoms with Crippen LogP contribution in [0.25, 0.3) is 0 Å². The SMILES string of the molecule is CCCN(CCC)C(=O)COc1cccc(C(C)CC)c1N(C)C=O. The molecule has 0 saturated heterocycles. The van der Waals surface area contributed by atoms with Crippen molar-refractivity contribution in [1.29, 1.82) is 0 Å². The van der Waals surface area contributed by atoms with Crippen LogP contribution < -0.4 is 9.64 Å². The quantitative estimate of drug-likeness (QED) is 0.571. The number of rotatable bonds is 11. The second-order valence-electron chi connectivity index (χ2n) is 6.39. The van der Waals surface area contributed by atoms with Gasteiger partial charge < -0.3 is 14.5 Å². The van der Waals surface area contributed by atoms with Gasteiger partial charge in [0.05, 0.1) is 5.69 Å². The first-order valence-electron chi connectivity index (χ1n) is 9.21. The highest BCUT2D eigenvalue weighted by Gasteiger charge is 2.19. The number of ether oxygens (including phenoxy) is 1. The number of para-hydroxylation sites is 1. The summed E-state index contributed by atoms with van der Waals surface area (Å²) in [6.45, 7) is 9.82. The topological polar surface area (TPSA) is 49.9 Å². The van der Waals surface area contributed by atoms with Crippen molar-refractivity contribution in [2.75, 3.05) is 31.6 Å². The lowest BCUT2D eigenvalue weighted by Crippen LogP contribution is -2.36. The average molecular weight is 348 g/mol. The van der Waals surface area contributed by atoms with Crippen LogP contribution in [0.4, 0.5) is 5.69 Å². The largest absolute Gasteiger partial charge is 0.482 e. The highest BCUT2D eigenvalue weighted by atomic mass is 16.5. The van der Waals surface area contributed by atoms with Crippen LogP contribution in [0.1, 0.15) is 58.4 Å². The van der Waals surface area contributed by atoms with Crippen molar-refractivity contribution in [3.8, 4) is 5.75 Å². The van der Waals surface area contributed by atoms with E-state index in [9.17, 15) is 9.59 Å². The monoisotopic (exact) mass is 348 g/mol. The molecule has 1 rings (SSSR count). The maximum Gasteiger partial charge on any atom is 0.260 e. The van der Waals surface area contributed by atoms with E-state index in [0.29, 0.717) is 11.7 Å². The third-order valence-corrected chi connectivity index (χ3v) is 4.38. The van der Waals surface area contributed by atoms with Gasteiger partial charge in [-0.3, -0.25) is 9.59 Å². The van der Waals surface area contributed by atoms with Crippen LogP contribution in [0.5, 0.6) is 5.75 Å². The van der Waals surface area contributed by atoms with Gasteiger partial charge in [-0.05, 0) is 36.8 Å². The van der Waals surface area contributed by atoms with Crippen molar-refractivity contribution in [3.63, 3.8) is 0 Å². The van der Waals surface area contributed by atoms with Crippen LogP contribution in [0.3, 0.4) is 0 Å². The molecule has 1 aromatic carbocycles. The molecular weight excluding hydrogens is 316 g/mol. The van der Waals surface area contributed by atoms with E-state index < -0.39 is 0 Å². The third-order valence-electron chi connectivity index (χ3n) is 4.38. The number of amides is 2. The second-order valence-corrected chi connectivity index (χ2v) is 6.39. The van der Waals surface area contributed by atoms with Gasteiger partial charge in [0.1, 0.15) is 5.75 Å². The summed E-state index contributed by atoms with van der Waals surface area (Å²) < 4.78 is 5.84. The zero-order chi connectivity index (χ0) is 18.8. The fraction of sp³-hybridized carbons (Fsp3) is 0.600. The maximum atomic E-state index is 12.4. The first-order valence-corrected chi connectivity index (χ1v) is 9.21. The van der Waals surface area contributed by atoms with Crippen molar-refractivity contribution in [2.45, 2.75) is 52.9 Å². The average Bonchev–Trinajstić information content (AvgIpc) is 2.64. The molecule has 1 atom stereocenters. The van der Waals surface area contributed by atoms with Gasteiger partial charge in [-0.2, -0.15) is 0 Å². The van der Waals surface area contributed by atoms with E-state index in [2.05, 4.69) is 27.7 Å². The Labute approximate surface area is 151 Å². The van der Waals surface area contributed by atoms with Crippen LogP contribution in [0.15, 0.2) is 18.2 Å².